The Bertz CT molecular complexity index is 863. The molecule has 3 rings (SSSR count). The predicted octanol–water partition coefficient (Wildman–Crippen LogP) is 4.23. The lowest BCUT2D eigenvalue weighted by molar-refractivity contribution is 0.310. The molecular formula is C21H25N5O. The SMILES string of the molecule is CCCCOc1c(Nc2ccc(CN)nc2)ncnc1-c1ccc(C)cc1. The maximum absolute atomic E-state index is 6.08. The first-order valence-electron chi connectivity index (χ1n) is 9.18. The van der Waals surface area contributed by atoms with Crippen molar-refractivity contribution in [3.05, 3.63) is 60.2 Å². The third kappa shape index (κ3) is 4.80. The summed E-state index contributed by atoms with van der Waals surface area (Å²) in [6.45, 7) is 5.22. The molecule has 3 aromatic rings. The summed E-state index contributed by atoms with van der Waals surface area (Å²) in [5.41, 5.74) is 10.2. The normalized spacial score (nSPS) is 10.6. The first-order chi connectivity index (χ1) is 13.2. The molecule has 0 atom stereocenters. The summed E-state index contributed by atoms with van der Waals surface area (Å²) >= 11 is 0. The third-order valence-electron chi connectivity index (χ3n) is 4.17. The second-order valence-electron chi connectivity index (χ2n) is 6.34. The van der Waals surface area contributed by atoms with Gasteiger partial charge < -0.3 is 15.8 Å². The van der Waals surface area contributed by atoms with Gasteiger partial charge in [0.05, 0.1) is 24.2 Å². The van der Waals surface area contributed by atoms with E-state index >= 15 is 0 Å². The zero-order valence-corrected chi connectivity index (χ0v) is 15.8. The molecule has 0 spiro atoms. The number of ether oxygens (including phenoxy) is 1. The van der Waals surface area contributed by atoms with E-state index in [0.29, 0.717) is 24.7 Å². The summed E-state index contributed by atoms with van der Waals surface area (Å²) in [5, 5.41) is 3.29. The number of anilines is 2. The van der Waals surface area contributed by atoms with Crippen LogP contribution in [0.5, 0.6) is 5.75 Å². The van der Waals surface area contributed by atoms with Gasteiger partial charge in [-0.05, 0) is 25.5 Å². The highest BCUT2D eigenvalue weighted by molar-refractivity contribution is 5.75. The quantitative estimate of drug-likeness (QED) is 0.583. The number of hydrogen-bond acceptors (Lipinski definition) is 6. The molecule has 0 saturated heterocycles. The number of benzene rings is 1. The molecule has 2 heterocycles. The van der Waals surface area contributed by atoms with Crippen LogP contribution < -0.4 is 15.8 Å². The second-order valence-corrected chi connectivity index (χ2v) is 6.34. The standard InChI is InChI=1S/C21H25N5O/c1-3-4-11-27-20-19(16-7-5-15(2)6-8-16)24-14-25-21(20)26-18-10-9-17(12-22)23-13-18/h5-10,13-14H,3-4,11-12,22H2,1-2H3,(H,24,25,26). The van der Waals surface area contributed by atoms with Crippen LogP contribution in [0.2, 0.25) is 0 Å². The molecule has 0 fully saturated rings. The molecular weight excluding hydrogens is 338 g/mol. The van der Waals surface area contributed by atoms with Gasteiger partial charge in [-0.2, -0.15) is 0 Å². The van der Waals surface area contributed by atoms with Gasteiger partial charge in [0.1, 0.15) is 12.0 Å². The van der Waals surface area contributed by atoms with E-state index in [9.17, 15) is 0 Å². The highest BCUT2D eigenvalue weighted by Crippen LogP contribution is 2.35. The number of pyridine rings is 1. The van der Waals surface area contributed by atoms with E-state index in [1.807, 2.05) is 24.3 Å². The maximum Gasteiger partial charge on any atom is 0.188 e. The Morgan fingerprint density at radius 3 is 2.52 bits per heavy atom. The van der Waals surface area contributed by atoms with Gasteiger partial charge >= 0.3 is 0 Å². The second kappa shape index (κ2) is 9.09. The number of nitrogens with two attached hydrogens (primary N) is 1. The van der Waals surface area contributed by atoms with Crippen LogP contribution in [0.1, 0.15) is 31.0 Å². The van der Waals surface area contributed by atoms with Crippen LogP contribution in [0.15, 0.2) is 48.9 Å². The molecule has 0 aliphatic heterocycles. The summed E-state index contributed by atoms with van der Waals surface area (Å²) in [5.74, 6) is 1.27. The molecule has 0 radical (unpaired) electrons. The molecule has 3 N–H and O–H groups in total. The lowest BCUT2D eigenvalue weighted by Crippen LogP contribution is -2.06. The zero-order valence-electron chi connectivity index (χ0n) is 15.8. The van der Waals surface area contributed by atoms with Gasteiger partial charge in [0.2, 0.25) is 0 Å². The molecule has 0 unspecified atom stereocenters. The Labute approximate surface area is 159 Å². The highest BCUT2D eigenvalue weighted by atomic mass is 16.5. The van der Waals surface area contributed by atoms with Crippen molar-refractivity contribution in [3.63, 3.8) is 0 Å². The van der Waals surface area contributed by atoms with Crippen LogP contribution in [0.3, 0.4) is 0 Å². The first-order valence-corrected chi connectivity index (χ1v) is 9.18. The molecule has 0 saturated carbocycles. The zero-order chi connectivity index (χ0) is 19.1. The van der Waals surface area contributed by atoms with Gasteiger partial charge in [0.25, 0.3) is 0 Å². The Morgan fingerprint density at radius 2 is 1.85 bits per heavy atom. The van der Waals surface area contributed by atoms with E-state index in [0.717, 1.165) is 35.5 Å². The smallest absolute Gasteiger partial charge is 0.188 e. The molecule has 0 amide bonds. The highest BCUT2D eigenvalue weighted by Gasteiger charge is 2.15. The fourth-order valence-corrected chi connectivity index (χ4v) is 2.59. The third-order valence-corrected chi connectivity index (χ3v) is 4.17. The van der Waals surface area contributed by atoms with Crippen LogP contribution in [0.25, 0.3) is 11.3 Å². The van der Waals surface area contributed by atoms with Crippen molar-refractivity contribution in [2.75, 3.05) is 11.9 Å². The van der Waals surface area contributed by atoms with Crippen LogP contribution in [0, 0.1) is 6.92 Å². The molecule has 0 aliphatic carbocycles. The first kappa shape index (κ1) is 18.8. The van der Waals surface area contributed by atoms with E-state index in [1.165, 1.54) is 5.56 Å². The van der Waals surface area contributed by atoms with E-state index in [-0.39, 0.29) is 0 Å². The number of nitrogens with one attached hydrogen (secondary N) is 1. The molecule has 6 heteroatoms. The number of hydrogen-bond donors (Lipinski definition) is 2. The summed E-state index contributed by atoms with van der Waals surface area (Å²) in [7, 11) is 0. The van der Waals surface area contributed by atoms with Gasteiger partial charge in [-0.3, -0.25) is 4.98 Å². The van der Waals surface area contributed by atoms with Crippen molar-refractivity contribution in [1.82, 2.24) is 15.0 Å². The van der Waals surface area contributed by atoms with Gasteiger partial charge in [0, 0.05) is 12.1 Å². The number of unbranched alkanes of at least 4 members (excludes halogenated alkanes) is 1. The Hall–Kier alpha value is -2.99. The van der Waals surface area contributed by atoms with Gasteiger partial charge in [-0.25, -0.2) is 9.97 Å². The minimum absolute atomic E-state index is 0.413. The van der Waals surface area contributed by atoms with E-state index < -0.39 is 0 Å². The molecule has 0 bridgehead atoms. The van der Waals surface area contributed by atoms with E-state index in [4.69, 9.17) is 10.5 Å². The van der Waals surface area contributed by atoms with Crippen LogP contribution in [-0.2, 0) is 6.54 Å². The summed E-state index contributed by atoms with van der Waals surface area (Å²) < 4.78 is 6.08. The van der Waals surface area contributed by atoms with Crippen LogP contribution in [-0.4, -0.2) is 21.6 Å². The Kier molecular flexibility index (Phi) is 6.33. The largest absolute Gasteiger partial charge is 0.488 e. The van der Waals surface area contributed by atoms with Crippen LogP contribution in [0.4, 0.5) is 11.5 Å². The number of rotatable bonds is 8. The minimum Gasteiger partial charge on any atom is -0.488 e. The van der Waals surface area contributed by atoms with E-state index in [1.54, 1.807) is 12.5 Å². The van der Waals surface area contributed by atoms with Crippen molar-refractivity contribution in [1.29, 1.82) is 0 Å². The molecule has 140 valence electrons. The summed E-state index contributed by atoms with van der Waals surface area (Å²) in [6, 6.07) is 12.0. The lowest BCUT2D eigenvalue weighted by atomic mass is 10.1. The number of nitrogens with zero attached hydrogens (tertiary/aromatic N) is 3. The van der Waals surface area contributed by atoms with Crippen molar-refractivity contribution in [2.24, 2.45) is 5.73 Å². The minimum atomic E-state index is 0.413. The van der Waals surface area contributed by atoms with Crippen molar-refractivity contribution < 1.29 is 4.74 Å². The molecule has 1 aromatic carbocycles. The maximum atomic E-state index is 6.08. The van der Waals surface area contributed by atoms with Crippen molar-refractivity contribution in [3.8, 4) is 17.0 Å². The van der Waals surface area contributed by atoms with Gasteiger partial charge in [-0.15, -0.1) is 0 Å². The topological polar surface area (TPSA) is 86.0 Å². The number of aryl methyl sites for hydroxylation is 1. The van der Waals surface area contributed by atoms with Crippen molar-refractivity contribution in [2.45, 2.75) is 33.2 Å². The van der Waals surface area contributed by atoms with E-state index in [2.05, 4.69) is 46.2 Å². The molecule has 6 nitrogen and oxygen atoms in total. The van der Waals surface area contributed by atoms with Gasteiger partial charge in [0.15, 0.2) is 11.6 Å². The monoisotopic (exact) mass is 363 g/mol. The van der Waals surface area contributed by atoms with Gasteiger partial charge in [-0.1, -0.05) is 43.2 Å². The number of aromatic nitrogens is 3. The fourth-order valence-electron chi connectivity index (χ4n) is 2.59. The van der Waals surface area contributed by atoms with Crippen LogP contribution >= 0.6 is 0 Å². The Balaban J connectivity index is 1.95. The predicted molar refractivity (Wildman–Crippen MR) is 108 cm³/mol. The lowest BCUT2D eigenvalue weighted by Gasteiger charge is -2.15. The fraction of sp³-hybridized carbons (Fsp3) is 0.286. The molecule has 2 aromatic heterocycles. The molecule has 27 heavy (non-hydrogen) atoms. The summed E-state index contributed by atoms with van der Waals surface area (Å²) in [6.07, 6.45) is 5.31. The average Bonchev–Trinajstić information content (AvgIpc) is 2.70. The average molecular weight is 363 g/mol. The molecule has 0 aliphatic rings. The Morgan fingerprint density at radius 1 is 1.04 bits per heavy atom. The summed E-state index contributed by atoms with van der Waals surface area (Å²) in [4.78, 5) is 13.2. The van der Waals surface area contributed by atoms with Crippen molar-refractivity contribution >= 4 is 11.5 Å².